The molecule has 3 aromatic rings. The second kappa shape index (κ2) is 7.61. The van der Waals surface area contributed by atoms with Crippen molar-refractivity contribution in [3.8, 4) is 0 Å². The van der Waals surface area contributed by atoms with Crippen LogP contribution in [0.5, 0.6) is 0 Å². The number of nitrogens with zero attached hydrogens (tertiary/aromatic N) is 8. The van der Waals surface area contributed by atoms with Crippen LogP contribution in [0.4, 0.5) is 24.7 Å². The van der Waals surface area contributed by atoms with Gasteiger partial charge in [0.25, 0.3) is 0 Å². The molecule has 1 aromatic carbocycles. The standard InChI is InChI=1S/C20H21F3N8O/c1-28-17-16(26-27-28)18(25-12-24-17)31-10-13(11-31)19(32)30-7-5-29(6-8-30)15-4-2-3-14(9-15)20(21,22)23/h2-4,9,12-13H,5-8,10-11H2,1H3. The monoisotopic (exact) mass is 446 g/mol. The number of anilines is 2. The third-order valence-corrected chi connectivity index (χ3v) is 6.03. The Labute approximate surface area is 181 Å². The van der Waals surface area contributed by atoms with Crippen LogP contribution in [0, 0.1) is 5.92 Å². The normalized spacial score (nSPS) is 17.7. The highest BCUT2D eigenvalue weighted by Crippen LogP contribution is 2.32. The molecule has 5 rings (SSSR count). The molecule has 12 heteroatoms. The van der Waals surface area contributed by atoms with Crippen molar-refractivity contribution in [1.29, 1.82) is 0 Å². The Morgan fingerprint density at radius 1 is 1.06 bits per heavy atom. The number of benzene rings is 1. The van der Waals surface area contributed by atoms with Gasteiger partial charge in [0.15, 0.2) is 17.0 Å². The highest BCUT2D eigenvalue weighted by molar-refractivity contribution is 5.86. The first kappa shape index (κ1) is 20.5. The number of hydrogen-bond donors (Lipinski definition) is 0. The van der Waals surface area contributed by atoms with Crippen molar-refractivity contribution in [2.75, 3.05) is 49.1 Å². The molecular weight excluding hydrogens is 425 g/mol. The summed E-state index contributed by atoms with van der Waals surface area (Å²) in [7, 11) is 1.76. The van der Waals surface area contributed by atoms with Crippen LogP contribution in [0.2, 0.25) is 0 Å². The zero-order valence-electron chi connectivity index (χ0n) is 17.3. The van der Waals surface area contributed by atoms with Crippen LogP contribution in [0.25, 0.3) is 11.2 Å². The molecule has 2 aromatic heterocycles. The van der Waals surface area contributed by atoms with Crippen LogP contribution in [-0.2, 0) is 18.0 Å². The Morgan fingerprint density at radius 3 is 2.53 bits per heavy atom. The SMILES string of the molecule is Cn1nnc2c(N3CC(C(=O)N4CCN(c5cccc(C(F)(F)F)c5)CC4)C3)ncnc21. The quantitative estimate of drug-likeness (QED) is 0.604. The molecule has 1 amide bonds. The zero-order valence-corrected chi connectivity index (χ0v) is 17.3. The van der Waals surface area contributed by atoms with Crippen molar-refractivity contribution < 1.29 is 18.0 Å². The molecule has 9 nitrogen and oxygen atoms in total. The van der Waals surface area contributed by atoms with Gasteiger partial charge in [0.2, 0.25) is 5.91 Å². The number of alkyl halides is 3. The number of rotatable bonds is 3. The number of halogens is 3. The molecule has 2 saturated heterocycles. The van der Waals surface area contributed by atoms with Crippen LogP contribution in [0.15, 0.2) is 30.6 Å². The van der Waals surface area contributed by atoms with E-state index < -0.39 is 11.7 Å². The lowest BCUT2D eigenvalue weighted by atomic mass is 9.98. The van der Waals surface area contributed by atoms with Crippen molar-refractivity contribution in [2.45, 2.75) is 6.18 Å². The van der Waals surface area contributed by atoms with Crippen molar-refractivity contribution in [3.05, 3.63) is 36.2 Å². The molecule has 0 bridgehead atoms. The predicted octanol–water partition coefficient (Wildman–Crippen LogP) is 1.56. The molecule has 0 aliphatic carbocycles. The molecule has 0 spiro atoms. The first-order chi connectivity index (χ1) is 15.3. The smallest absolute Gasteiger partial charge is 0.368 e. The Morgan fingerprint density at radius 2 is 1.81 bits per heavy atom. The molecule has 0 radical (unpaired) electrons. The summed E-state index contributed by atoms with van der Waals surface area (Å²) >= 11 is 0. The van der Waals surface area contributed by atoms with Crippen LogP contribution >= 0.6 is 0 Å². The van der Waals surface area contributed by atoms with Gasteiger partial charge < -0.3 is 14.7 Å². The Kier molecular flexibility index (Phi) is 4.86. The van der Waals surface area contributed by atoms with Gasteiger partial charge in [0.1, 0.15) is 6.33 Å². The predicted molar refractivity (Wildman–Crippen MR) is 110 cm³/mol. The van der Waals surface area contributed by atoms with E-state index in [1.165, 1.54) is 12.4 Å². The lowest BCUT2D eigenvalue weighted by molar-refractivity contribution is -0.137. The van der Waals surface area contributed by atoms with Gasteiger partial charge in [-0.05, 0) is 18.2 Å². The maximum Gasteiger partial charge on any atom is 0.416 e. The summed E-state index contributed by atoms with van der Waals surface area (Å²) in [6.45, 7) is 3.02. The van der Waals surface area contributed by atoms with E-state index in [0.717, 1.165) is 12.1 Å². The molecule has 0 atom stereocenters. The molecule has 2 aliphatic rings. The fourth-order valence-electron chi connectivity index (χ4n) is 4.20. The van der Waals surface area contributed by atoms with Gasteiger partial charge in [-0.1, -0.05) is 11.3 Å². The zero-order chi connectivity index (χ0) is 22.5. The Bertz CT molecular complexity index is 1150. The molecule has 2 fully saturated rings. The summed E-state index contributed by atoms with van der Waals surface area (Å²) in [6.07, 6.45) is -2.91. The summed E-state index contributed by atoms with van der Waals surface area (Å²) in [5.74, 6) is 0.590. The van der Waals surface area contributed by atoms with Crippen molar-refractivity contribution in [3.63, 3.8) is 0 Å². The number of carbonyl (C=O) groups excluding carboxylic acids is 1. The van der Waals surface area contributed by atoms with Crippen molar-refractivity contribution in [2.24, 2.45) is 13.0 Å². The van der Waals surface area contributed by atoms with E-state index in [0.29, 0.717) is 61.9 Å². The van der Waals surface area contributed by atoms with E-state index in [1.54, 1.807) is 22.7 Å². The number of carbonyl (C=O) groups is 1. The number of fused-ring (bicyclic) bond motifs is 1. The average molecular weight is 446 g/mol. The van der Waals surface area contributed by atoms with Gasteiger partial charge in [-0.3, -0.25) is 4.79 Å². The lowest BCUT2D eigenvalue weighted by Gasteiger charge is -2.43. The molecule has 0 unspecified atom stereocenters. The summed E-state index contributed by atoms with van der Waals surface area (Å²) in [6, 6.07) is 5.32. The van der Waals surface area contributed by atoms with E-state index in [1.807, 2.05) is 9.80 Å². The van der Waals surface area contributed by atoms with Crippen LogP contribution in [0.3, 0.4) is 0 Å². The van der Waals surface area contributed by atoms with E-state index in [4.69, 9.17) is 0 Å². The number of aromatic nitrogens is 5. The van der Waals surface area contributed by atoms with Crippen molar-refractivity contribution in [1.82, 2.24) is 29.9 Å². The van der Waals surface area contributed by atoms with Gasteiger partial charge in [-0.25, -0.2) is 14.6 Å². The Balaban J connectivity index is 1.18. The van der Waals surface area contributed by atoms with Crippen molar-refractivity contribution >= 4 is 28.6 Å². The first-order valence-electron chi connectivity index (χ1n) is 10.3. The van der Waals surface area contributed by atoms with Gasteiger partial charge in [-0.15, -0.1) is 5.10 Å². The second-order valence-corrected chi connectivity index (χ2v) is 8.04. The third-order valence-electron chi connectivity index (χ3n) is 6.03. The average Bonchev–Trinajstić information content (AvgIpc) is 3.14. The minimum absolute atomic E-state index is 0.0642. The van der Waals surface area contributed by atoms with Crippen LogP contribution < -0.4 is 9.80 Å². The number of aryl methyl sites for hydroxylation is 1. The number of piperazine rings is 1. The topological polar surface area (TPSA) is 83.3 Å². The maximum atomic E-state index is 13.0. The molecular formula is C20H21F3N8O. The summed E-state index contributed by atoms with van der Waals surface area (Å²) in [5.41, 5.74) is 1.11. The second-order valence-electron chi connectivity index (χ2n) is 8.04. The maximum absolute atomic E-state index is 13.0. The summed E-state index contributed by atoms with van der Waals surface area (Å²) in [5, 5.41) is 8.09. The summed E-state index contributed by atoms with van der Waals surface area (Å²) < 4.78 is 40.5. The highest BCUT2D eigenvalue weighted by Gasteiger charge is 2.38. The van der Waals surface area contributed by atoms with Crippen LogP contribution in [0.1, 0.15) is 5.56 Å². The number of hydrogen-bond acceptors (Lipinski definition) is 7. The Hall–Kier alpha value is -3.44. The molecule has 32 heavy (non-hydrogen) atoms. The van der Waals surface area contributed by atoms with Gasteiger partial charge in [0, 0.05) is 52.0 Å². The molecule has 0 saturated carbocycles. The number of amides is 1. The third kappa shape index (κ3) is 3.59. The lowest BCUT2D eigenvalue weighted by Crippen LogP contribution is -2.58. The fourth-order valence-corrected chi connectivity index (χ4v) is 4.20. The highest BCUT2D eigenvalue weighted by atomic mass is 19.4. The van der Waals surface area contributed by atoms with E-state index in [-0.39, 0.29) is 11.8 Å². The minimum Gasteiger partial charge on any atom is -0.368 e. The fraction of sp³-hybridized carbons (Fsp3) is 0.450. The minimum atomic E-state index is -4.37. The largest absolute Gasteiger partial charge is 0.416 e. The first-order valence-corrected chi connectivity index (χ1v) is 10.3. The molecule has 2 aliphatic heterocycles. The van der Waals surface area contributed by atoms with E-state index in [2.05, 4.69) is 20.3 Å². The van der Waals surface area contributed by atoms with E-state index >= 15 is 0 Å². The van der Waals surface area contributed by atoms with Gasteiger partial charge >= 0.3 is 6.18 Å². The summed E-state index contributed by atoms with van der Waals surface area (Å²) in [4.78, 5) is 27.1. The van der Waals surface area contributed by atoms with E-state index in [9.17, 15) is 18.0 Å². The molecule has 4 heterocycles. The molecule has 168 valence electrons. The van der Waals surface area contributed by atoms with Crippen LogP contribution in [-0.4, -0.2) is 75.0 Å². The van der Waals surface area contributed by atoms with Gasteiger partial charge in [0.05, 0.1) is 11.5 Å². The molecule has 0 N–H and O–H groups in total. The van der Waals surface area contributed by atoms with Gasteiger partial charge in [-0.2, -0.15) is 13.2 Å².